The van der Waals surface area contributed by atoms with Crippen molar-refractivity contribution in [2.24, 2.45) is 0 Å². The van der Waals surface area contributed by atoms with Gasteiger partial charge in [0.1, 0.15) is 12.4 Å². The molecule has 0 atom stereocenters. The standard InChI is InChI=1S/C14H19ClN2O3/c15-11-5-6-12(20-9-8-18)10-4-2-1-3-7-16-14(19)17-13(10)11/h5-6,18H,1-4,7-9H2,(H2,16,17,19). The first-order valence-electron chi connectivity index (χ1n) is 6.82. The van der Waals surface area contributed by atoms with E-state index in [1.807, 2.05) is 0 Å². The highest BCUT2D eigenvalue weighted by Crippen LogP contribution is 2.35. The van der Waals surface area contributed by atoms with Crippen molar-refractivity contribution >= 4 is 23.3 Å². The van der Waals surface area contributed by atoms with Crippen LogP contribution in [-0.4, -0.2) is 30.9 Å². The average molecular weight is 299 g/mol. The Morgan fingerprint density at radius 3 is 2.95 bits per heavy atom. The number of ether oxygens (including phenoxy) is 1. The summed E-state index contributed by atoms with van der Waals surface area (Å²) in [5.74, 6) is 0.666. The van der Waals surface area contributed by atoms with Gasteiger partial charge in [0.15, 0.2) is 0 Å². The van der Waals surface area contributed by atoms with Crippen LogP contribution in [0.3, 0.4) is 0 Å². The number of amides is 2. The summed E-state index contributed by atoms with van der Waals surface area (Å²) < 4.78 is 5.53. The highest BCUT2D eigenvalue weighted by atomic mass is 35.5. The van der Waals surface area contributed by atoms with Gasteiger partial charge in [-0.1, -0.05) is 18.0 Å². The fourth-order valence-electron chi connectivity index (χ4n) is 2.24. The van der Waals surface area contributed by atoms with E-state index < -0.39 is 0 Å². The number of hydrogen-bond donors (Lipinski definition) is 3. The molecule has 0 saturated heterocycles. The van der Waals surface area contributed by atoms with Gasteiger partial charge in [0, 0.05) is 12.1 Å². The molecular formula is C14H19ClN2O3. The average Bonchev–Trinajstić information content (AvgIpc) is 2.45. The normalized spacial score (nSPS) is 15.8. The molecule has 1 aliphatic rings. The third kappa shape index (κ3) is 3.77. The molecule has 2 amide bonds. The van der Waals surface area contributed by atoms with Crippen LogP contribution in [-0.2, 0) is 6.42 Å². The lowest BCUT2D eigenvalue weighted by atomic mass is 10.0. The zero-order valence-electron chi connectivity index (χ0n) is 11.2. The van der Waals surface area contributed by atoms with Crippen LogP contribution in [0.5, 0.6) is 5.75 Å². The fourth-order valence-corrected chi connectivity index (χ4v) is 2.46. The molecule has 20 heavy (non-hydrogen) atoms. The van der Waals surface area contributed by atoms with Crippen LogP contribution in [0.1, 0.15) is 24.8 Å². The molecule has 1 heterocycles. The maximum absolute atomic E-state index is 11.8. The van der Waals surface area contributed by atoms with E-state index in [1.54, 1.807) is 12.1 Å². The van der Waals surface area contributed by atoms with Crippen LogP contribution in [0, 0.1) is 0 Å². The smallest absolute Gasteiger partial charge is 0.319 e. The summed E-state index contributed by atoms with van der Waals surface area (Å²) in [7, 11) is 0. The zero-order valence-corrected chi connectivity index (χ0v) is 12.0. The molecule has 0 aliphatic carbocycles. The van der Waals surface area contributed by atoms with Gasteiger partial charge in [0.25, 0.3) is 0 Å². The molecule has 0 aromatic heterocycles. The molecule has 0 unspecified atom stereocenters. The first kappa shape index (κ1) is 14.9. The molecule has 6 heteroatoms. The van der Waals surface area contributed by atoms with Gasteiger partial charge in [-0.05, 0) is 31.4 Å². The number of halogens is 1. The second kappa shape index (κ2) is 7.36. The topological polar surface area (TPSA) is 70.6 Å². The molecule has 0 saturated carbocycles. The summed E-state index contributed by atoms with van der Waals surface area (Å²) in [6, 6.07) is 3.22. The number of fused-ring (bicyclic) bond motifs is 1. The summed E-state index contributed by atoms with van der Waals surface area (Å²) >= 11 is 6.19. The van der Waals surface area contributed by atoms with Crippen LogP contribution >= 0.6 is 11.6 Å². The third-order valence-electron chi connectivity index (χ3n) is 3.20. The molecule has 5 nitrogen and oxygen atoms in total. The van der Waals surface area contributed by atoms with Crippen molar-refractivity contribution in [2.45, 2.75) is 25.7 Å². The molecule has 1 aliphatic heterocycles. The maximum atomic E-state index is 11.8. The van der Waals surface area contributed by atoms with Crippen molar-refractivity contribution in [3.8, 4) is 5.75 Å². The second-order valence-electron chi connectivity index (χ2n) is 4.66. The van der Waals surface area contributed by atoms with Crippen LogP contribution < -0.4 is 15.4 Å². The first-order valence-corrected chi connectivity index (χ1v) is 7.20. The molecule has 0 radical (unpaired) electrons. The Balaban J connectivity index is 2.33. The molecule has 1 aromatic carbocycles. The largest absolute Gasteiger partial charge is 0.491 e. The van der Waals surface area contributed by atoms with E-state index in [9.17, 15) is 4.79 Å². The summed E-state index contributed by atoms with van der Waals surface area (Å²) in [6.07, 6.45) is 3.78. The molecule has 0 spiro atoms. The molecule has 1 aromatic rings. The van der Waals surface area contributed by atoms with Crippen molar-refractivity contribution in [3.05, 3.63) is 22.7 Å². The monoisotopic (exact) mass is 298 g/mol. The number of anilines is 1. The van der Waals surface area contributed by atoms with Crippen molar-refractivity contribution < 1.29 is 14.6 Å². The highest BCUT2D eigenvalue weighted by molar-refractivity contribution is 6.34. The van der Waals surface area contributed by atoms with E-state index in [4.69, 9.17) is 21.4 Å². The van der Waals surface area contributed by atoms with Gasteiger partial charge in [-0.2, -0.15) is 0 Å². The zero-order chi connectivity index (χ0) is 14.4. The summed E-state index contributed by atoms with van der Waals surface area (Å²) in [5.41, 5.74) is 1.49. The Kier molecular flexibility index (Phi) is 5.49. The van der Waals surface area contributed by atoms with Gasteiger partial charge in [0.05, 0.1) is 17.3 Å². The highest BCUT2D eigenvalue weighted by Gasteiger charge is 2.16. The van der Waals surface area contributed by atoms with Crippen LogP contribution in [0.4, 0.5) is 10.5 Å². The van der Waals surface area contributed by atoms with Gasteiger partial charge in [-0.25, -0.2) is 4.79 Å². The van der Waals surface area contributed by atoms with Gasteiger partial charge in [-0.15, -0.1) is 0 Å². The van der Waals surface area contributed by atoms with Crippen LogP contribution in [0.25, 0.3) is 0 Å². The number of aliphatic hydroxyl groups is 1. The summed E-state index contributed by atoms with van der Waals surface area (Å²) in [4.78, 5) is 11.8. The van der Waals surface area contributed by atoms with Gasteiger partial charge in [0.2, 0.25) is 0 Å². The van der Waals surface area contributed by atoms with Gasteiger partial charge in [-0.3, -0.25) is 0 Å². The number of hydrogen-bond acceptors (Lipinski definition) is 3. The quantitative estimate of drug-likeness (QED) is 0.803. The molecule has 0 bridgehead atoms. The Hall–Kier alpha value is -1.46. The molecule has 2 rings (SSSR count). The lowest BCUT2D eigenvalue weighted by Crippen LogP contribution is -2.30. The predicted molar refractivity (Wildman–Crippen MR) is 78.6 cm³/mol. The minimum absolute atomic E-state index is 0.0503. The number of carbonyl (C=O) groups excluding carboxylic acids is 1. The van der Waals surface area contributed by atoms with E-state index >= 15 is 0 Å². The Morgan fingerprint density at radius 1 is 1.30 bits per heavy atom. The van der Waals surface area contributed by atoms with Gasteiger partial charge >= 0.3 is 6.03 Å². The fraction of sp³-hybridized carbons (Fsp3) is 0.500. The lowest BCUT2D eigenvalue weighted by Gasteiger charge is -2.19. The number of carbonyl (C=O) groups is 1. The van der Waals surface area contributed by atoms with Crippen LogP contribution in [0.15, 0.2) is 12.1 Å². The minimum Gasteiger partial charge on any atom is -0.491 e. The van der Waals surface area contributed by atoms with Gasteiger partial charge < -0.3 is 20.5 Å². The third-order valence-corrected chi connectivity index (χ3v) is 3.51. The molecule has 0 fully saturated rings. The number of nitrogens with one attached hydrogen (secondary N) is 2. The number of benzene rings is 1. The second-order valence-corrected chi connectivity index (χ2v) is 5.07. The first-order chi connectivity index (χ1) is 9.72. The lowest BCUT2D eigenvalue weighted by molar-refractivity contribution is 0.200. The Bertz CT molecular complexity index is 480. The summed E-state index contributed by atoms with van der Waals surface area (Å²) in [5, 5.41) is 15.0. The Labute approximate surface area is 123 Å². The Morgan fingerprint density at radius 2 is 2.15 bits per heavy atom. The van der Waals surface area contributed by atoms with Crippen molar-refractivity contribution in [3.63, 3.8) is 0 Å². The molecule has 110 valence electrons. The molecule has 3 N–H and O–H groups in total. The number of aliphatic hydroxyl groups excluding tert-OH is 1. The van der Waals surface area contributed by atoms with E-state index in [1.165, 1.54) is 0 Å². The predicted octanol–water partition coefficient (Wildman–Crippen LogP) is 2.56. The van der Waals surface area contributed by atoms with E-state index in [0.29, 0.717) is 23.0 Å². The van der Waals surface area contributed by atoms with Crippen molar-refractivity contribution in [1.82, 2.24) is 5.32 Å². The van der Waals surface area contributed by atoms with E-state index in [0.717, 1.165) is 31.2 Å². The van der Waals surface area contributed by atoms with E-state index in [2.05, 4.69) is 10.6 Å². The number of rotatable bonds is 3. The van der Waals surface area contributed by atoms with Crippen molar-refractivity contribution in [2.75, 3.05) is 25.1 Å². The van der Waals surface area contributed by atoms with Crippen LogP contribution in [0.2, 0.25) is 5.02 Å². The minimum atomic E-state index is -0.255. The maximum Gasteiger partial charge on any atom is 0.319 e. The summed E-state index contributed by atoms with van der Waals surface area (Å²) in [6.45, 7) is 0.838. The number of urea groups is 1. The van der Waals surface area contributed by atoms with Crippen molar-refractivity contribution in [1.29, 1.82) is 0 Å². The van der Waals surface area contributed by atoms with E-state index in [-0.39, 0.29) is 19.2 Å². The SMILES string of the molecule is O=C1NCCCCCc2c(OCCO)ccc(Cl)c2N1. The molecular weight excluding hydrogens is 280 g/mol.